The van der Waals surface area contributed by atoms with Crippen LogP contribution in [0.2, 0.25) is 10.0 Å². The summed E-state index contributed by atoms with van der Waals surface area (Å²) in [6.45, 7) is 2.31. The van der Waals surface area contributed by atoms with Crippen LogP contribution in [0.4, 0.5) is 0 Å². The third-order valence-corrected chi connectivity index (χ3v) is 7.68. The van der Waals surface area contributed by atoms with Crippen LogP contribution in [0.15, 0.2) is 36.4 Å². The number of hydrogen-bond donors (Lipinski definition) is 2. The fraction of sp³-hybridized carbons (Fsp3) is 0.538. The summed E-state index contributed by atoms with van der Waals surface area (Å²) in [5.74, 6) is 1.49. The highest BCUT2D eigenvalue weighted by Crippen LogP contribution is 2.48. The van der Waals surface area contributed by atoms with Gasteiger partial charge in [0.25, 0.3) is 0 Å². The zero-order chi connectivity index (χ0) is 20.5. The normalized spacial score (nSPS) is 25.8. The van der Waals surface area contributed by atoms with Gasteiger partial charge in [-0.25, -0.2) is 0 Å². The number of halogens is 2. The SMILES string of the molecule is Clc1cccc([C@@H]2CCCN2)c1C1CC1.Clc1cccc([C@H]2CCCN2)c1C1CC1. The molecular weight excluding hydrogens is 411 g/mol. The van der Waals surface area contributed by atoms with Gasteiger partial charge in [0, 0.05) is 22.1 Å². The lowest BCUT2D eigenvalue weighted by molar-refractivity contribution is 0.640. The Morgan fingerprint density at radius 3 is 1.37 bits per heavy atom. The first-order chi connectivity index (χ1) is 14.7. The van der Waals surface area contributed by atoms with Crippen molar-refractivity contribution in [2.75, 3.05) is 13.1 Å². The second kappa shape index (κ2) is 9.20. The maximum Gasteiger partial charge on any atom is 0.0444 e. The molecule has 0 radical (unpaired) electrons. The third kappa shape index (κ3) is 4.58. The summed E-state index contributed by atoms with van der Waals surface area (Å²) < 4.78 is 0. The van der Waals surface area contributed by atoms with Gasteiger partial charge in [-0.3, -0.25) is 0 Å². The molecule has 160 valence electrons. The molecule has 2 nitrogen and oxygen atoms in total. The molecule has 30 heavy (non-hydrogen) atoms. The Balaban J connectivity index is 0.000000128. The van der Waals surface area contributed by atoms with Crippen molar-refractivity contribution in [3.05, 3.63) is 68.7 Å². The van der Waals surface area contributed by atoms with Crippen LogP contribution in [-0.4, -0.2) is 13.1 Å². The molecule has 2 atom stereocenters. The van der Waals surface area contributed by atoms with Gasteiger partial charge in [0.2, 0.25) is 0 Å². The topological polar surface area (TPSA) is 24.1 Å². The first-order valence-electron chi connectivity index (χ1n) is 11.8. The molecule has 0 amide bonds. The molecule has 2 aliphatic carbocycles. The number of rotatable bonds is 4. The zero-order valence-electron chi connectivity index (χ0n) is 17.6. The fourth-order valence-electron chi connectivity index (χ4n) is 5.22. The minimum absolute atomic E-state index is 0.555. The van der Waals surface area contributed by atoms with Crippen molar-refractivity contribution in [1.82, 2.24) is 10.6 Å². The second-order valence-corrected chi connectivity index (χ2v) is 10.1. The van der Waals surface area contributed by atoms with E-state index in [1.54, 1.807) is 0 Å². The summed E-state index contributed by atoms with van der Waals surface area (Å²) in [6.07, 6.45) is 10.4. The molecule has 2 N–H and O–H groups in total. The van der Waals surface area contributed by atoms with E-state index in [0.29, 0.717) is 12.1 Å². The second-order valence-electron chi connectivity index (χ2n) is 9.33. The number of benzene rings is 2. The molecule has 2 saturated heterocycles. The minimum atomic E-state index is 0.555. The van der Waals surface area contributed by atoms with Gasteiger partial charge >= 0.3 is 0 Å². The molecule has 0 spiro atoms. The van der Waals surface area contributed by atoms with Crippen LogP contribution in [0.25, 0.3) is 0 Å². The van der Waals surface area contributed by atoms with Crippen LogP contribution in [0.3, 0.4) is 0 Å². The first-order valence-corrected chi connectivity index (χ1v) is 12.5. The molecule has 6 rings (SSSR count). The van der Waals surface area contributed by atoms with E-state index in [1.165, 1.54) is 73.6 Å². The van der Waals surface area contributed by atoms with E-state index < -0.39 is 0 Å². The molecule has 0 unspecified atom stereocenters. The molecule has 2 saturated carbocycles. The van der Waals surface area contributed by atoms with Crippen molar-refractivity contribution in [2.24, 2.45) is 0 Å². The van der Waals surface area contributed by atoms with E-state index in [1.807, 2.05) is 12.1 Å². The lowest BCUT2D eigenvalue weighted by atomic mass is 9.96. The Morgan fingerprint density at radius 2 is 1.03 bits per heavy atom. The van der Waals surface area contributed by atoms with Gasteiger partial charge in [-0.05, 0) is 111 Å². The van der Waals surface area contributed by atoms with Gasteiger partial charge in [-0.2, -0.15) is 0 Å². The van der Waals surface area contributed by atoms with E-state index in [4.69, 9.17) is 23.2 Å². The van der Waals surface area contributed by atoms with E-state index in [0.717, 1.165) is 35.0 Å². The highest BCUT2D eigenvalue weighted by atomic mass is 35.5. The smallest absolute Gasteiger partial charge is 0.0444 e. The largest absolute Gasteiger partial charge is 0.310 e. The van der Waals surface area contributed by atoms with Crippen molar-refractivity contribution in [2.45, 2.75) is 75.3 Å². The highest BCUT2D eigenvalue weighted by molar-refractivity contribution is 6.31. The Hall–Kier alpha value is -1.06. The van der Waals surface area contributed by atoms with Crippen molar-refractivity contribution in [1.29, 1.82) is 0 Å². The van der Waals surface area contributed by atoms with E-state index in [2.05, 4.69) is 34.9 Å². The molecule has 4 fully saturated rings. The van der Waals surface area contributed by atoms with Crippen LogP contribution in [-0.2, 0) is 0 Å². The van der Waals surface area contributed by atoms with Gasteiger partial charge in [0.05, 0.1) is 0 Å². The van der Waals surface area contributed by atoms with Crippen LogP contribution in [0, 0.1) is 0 Å². The highest BCUT2D eigenvalue weighted by Gasteiger charge is 2.32. The fourth-order valence-corrected chi connectivity index (χ4v) is 5.89. The minimum Gasteiger partial charge on any atom is -0.310 e. The predicted octanol–water partition coefficient (Wildman–Crippen LogP) is 7.28. The lowest BCUT2D eigenvalue weighted by Crippen LogP contribution is -2.14. The first kappa shape index (κ1) is 20.8. The summed E-state index contributed by atoms with van der Waals surface area (Å²) in [5, 5.41) is 9.08. The average Bonchev–Trinajstić information content (AvgIpc) is 3.65. The van der Waals surface area contributed by atoms with Crippen LogP contribution >= 0.6 is 23.2 Å². The van der Waals surface area contributed by atoms with E-state index in [9.17, 15) is 0 Å². The summed E-state index contributed by atoms with van der Waals surface area (Å²) in [6, 6.07) is 13.9. The van der Waals surface area contributed by atoms with Gasteiger partial charge in [-0.1, -0.05) is 47.5 Å². The molecule has 2 aromatic rings. The molecule has 2 heterocycles. The Kier molecular flexibility index (Phi) is 6.39. The van der Waals surface area contributed by atoms with Gasteiger partial charge < -0.3 is 10.6 Å². The summed E-state index contributed by atoms with van der Waals surface area (Å²) in [4.78, 5) is 0. The van der Waals surface area contributed by atoms with Gasteiger partial charge in [-0.15, -0.1) is 0 Å². The van der Waals surface area contributed by atoms with E-state index >= 15 is 0 Å². The molecule has 4 aliphatic rings. The summed E-state index contributed by atoms with van der Waals surface area (Å²) >= 11 is 12.6. The Labute approximate surface area is 190 Å². The molecule has 0 bridgehead atoms. The van der Waals surface area contributed by atoms with Crippen molar-refractivity contribution in [3.63, 3.8) is 0 Å². The third-order valence-electron chi connectivity index (χ3n) is 7.02. The molecule has 2 aromatic carbocycles. The maximum atomic E-state index is 6.32. The van der Waals surface area contributed by atoms with Crippen molar-refractivity contribution < 1.29 is 0 Å². The summed E-state index contributed by atoms with van der Waals surface area (Å²) in [5.41, 5.74) is 5.78. The lowest BCUT2D eigenvalue weighted by Gasteiger charge is -2.16. The summed E-state index contributed by atoms with van der Waals surface area (Å²) in [7, 11) is 0. The average molecular weight is 443 g/mol. The molecule has 2 aliphatic heterocycles. The monoisotopic (exact) mass is 442 g/mol. The van der Waals surface area contributed by atoms with E-state index in [-0.39, 0.29) is 0 Å². The van der Waals surface area contributed by atoms with Crippen molar-refractivity contribution >= 4 is 23.2 Å². The van der Waals surface area contributed by atoms with Crippen molar-refractivity contribution in [3.8, 4) is 0 Å². The Bertz CT molecular complexity index is 803. The zero-order valence-corrected chi connectivity index (χ0v) is 19.1. The van der Waals surface area contributed by atoms with Crippen LogP contribution in [0.1, 0.15) is 97.5 Å². The molecule has 4 heteroatoms. The Morgan fingerprint density at radius 1 is 0.600 bits per heavy atom. The standard InChI is InChI=1S/2C13H16ClN/c2*14-11-4-1-3-10(12-5-2-8-15-12)13(11)9-6-7-9/h2*1,3-4,9,12,15H,2,5-8H2/t2*12-/m10/s1. The van der Waals surface area contributed by atoms with Gasteiger partial charge in [0.15, 0.2) is 0 Å². The quantitative estimate of drug-likeness (QED) is 0.519. The number of nitrogens with one attached hydrogen (secondary N) is 2. The molecular formula is C26H32Cl2N2. The van der Waals surface area contributed by atoms with Gasteiger partial charge in [0.1, 0.15) is 0 Å². The number of hydrogen-bond acceptors (Lipinski definition) is 2. The van der Waals surface area contributed by atoms with Crippen LogP contribution in [0.5, 0.6) is 0 Å². The van der Waals surface area contributed by atoms with Crippen LogP contribution < -0.4 is 10.6 Å². The predicted molar refractivity (Wildman–Crippen MR) is 127 cm³/mol. The molecule has 0 aromatic heterocycles. The maximum absolute atomic E-state index is 6.32.